The maximum absolute atomic E-state index is 8.87. The summed E-state index contributed by atoms with van der Waals surface area (Å²) in [6.45, 7) is 0. The smallest absolute Gasteiger partial charge is 0.137 e. The van der Waals surface area contributed by atoms with E-state index in [0.717, 1.165) is 22.6 Å². The molecule has 0 saturated heterocycles. The number of hydrogen-bond acceptors (Lipinski definition) is 4. The molecule has 0 atom stereocenters. The first-order valence-electron chi connectivity index (χ1n) is 7.03. The lowest BCUT2D eigenvalue weighted by atomic mass is 10.1. The lowest BCUT2D eigenvalue weighted by Gasteiger charge is -2.11. The zero-order valence-corrected chi connectivity index (χ0v) is 12.8. The van der Waals surface area contributed by atoms with Crippen molar-refractivity contribution in [1.82, 2.24) is 9.97 Å². The highest BCUT2D eigenvalue weighted by molar-refractivity contribution is 5.75. The van der Waals surface area contributed by atoms with Gasteiger partial charge in [-0.15, -0.1) is 0 Å². The highest BCUT2D eigenvalue weighted by atomic mass is 16.5. The molecular formula is C18H15N3O2. The molecule has 23 heavy (non-hydrogen) atoms. The Balaban J connectivity index is 2.04. The van der Waals surface area contributed by atoms with E-state index in [0.29, 0.717) is 17.1 Å². The molecule has 0 bridgehead atoms. The van der Waals surface area contributed by atoms with Crippen LogP contribution in [-0.2, 0) is 0 Å². The fourth-order valence-corrected chi connectivity index (χ4v) is 2.41. The minimum Gasteiger partial charge on any atom is -0.496 e. The largest absolute Gasteiger partial charge is 0.496 e. The van der Waals surface area contributed by atoms with Gasteiger partial charge < -0.3 is 14.5 Å². The van der Waals surface area contributed by atoms with Gasteiger partial charge in [0.15, 0.2) is 0 Å². The van der Waals surface area contributed by atoms with Crippen molar-refractivity contribution in [2.75, 3.05) is 14.2 Å². The molecule has 1 aromatic heterocycles. The van der Waals surface area contributed by atoms with E-state index in [-0.39, 0.29) is 0 Å². The Morgan fingerprint density at radius 1 is 1.00 bits per heavy atom. The van der Waals surface area contributed by atoms with E-state index in [1.807, 2.05) is 30.3 Å². The number of aromatic amines is 1. The van der Waals surface area contributed by atoms with Crippen LogP contribution in [0.1, 0.15) is 5.56 Å². The molecular weight excluding hydrogens is 290 g/mol. The number of ether oxygens (including phenoxy) is 2. The van der Waals surface area contributed by atoms with Crippen LogP contribution in [0.15, 0.2) is 48.7 Å². The fraction of sp³-hybridized carbons (Fsp3) is 0.111. The minimum atomic E-state index is 0.618. The maximum Gasteiger partial charge on any atom is 0.137 e. The van der Waals surface area contributed by atoms with Crippen LogP contribution in [0, 0.1) is 11.3 Å². The molecule has 1 N–H and O–H groups in total. The second kappa shape index (κ2) is 6.24. The summed E-state index contributed by atoms with van der Waals surface area (Å²) in [5.74, 6) is 2.14. The Hall–Kier alpha value is -3.26. The van der Waals surface area contributed by atoms with Gasteiger partial charge in [-0.05, 0) is 36.4 Å². The van der Waals surface area contributed by atoms with Gasteiger partial charge in [0.2, 0.25) is 0 Å². The molecule has 1 heterocycles. The van der Waals surface area contributed by atoms with E-state index >= 15 is 0 Å². The van der Waals surface area contributed by atoms with Crippen molar-refractivity contribution in [1.29, 1.82) is 5.26 Å². The first-order chi connectivity index (χ1) is 11.3. The van der Waals surface area contributed by atoms with Gasteiger partial charge in [0.05, 0.1) is 43.3 Å². The molecule has 5 heteroatoms. The van der Waals surface area contributed by atoms with E-state index < -0.39 is 0 Å². The van der Waals surface area contributed by atoms with Gasteiger partial charge in [-0.1, -0.05) is 6.07 Å². The molecule has 5 nitrogen and oxygen atoms in total. The molecule has 0 unspecified atom stereocenters. The number of methoxy groups -OCH3 is 2. The van der Waals surface area contributed by atoms with Crippen LogP contribution < -0.4 is 9.47 Å². The van der Waals surface area contributed by atoms with Gasteiger partial charge in [0, 0.05) is 5.56 Å². The van der Waals surface area contributed by atoms with Gasteiger partial charge in [-0.3, -0.25) is 0 Å². The van der Waals surface area contributed by atoms with Crippen LogP contribution in [0.25, 0.3) is 22.6 Å². The average Bonchev–Trinajstić information content (AvgIpc) is 3.10. The lowest BCUT2D eigenvalue weighted by molar-refractivity contribution is 0.397. The fourth-order valence-electron chi connectivity index (χ4n) is 2.41. The first kappa shape index (κ1) is 14.7. The normalized spacial score (nSPS) is 10.1. The average molecular weight is 305 g/mol. The molecule has 3 rings (SSSR count). The molecule has 2 aromatic carbocycles. The molecule has 0 spiro atoms. The molecule has 0 amide bonds. The number of hydrogen-bond donors (Lipinski definition) is 1. The Kier molecular flexibility index (Phi) is 3.98. The standard InChI is InChI=1S/C18H15N3O2/c1-22-15-4-3-5-16(23-2)17(15)14-11-20-18(21-14)13-8-6-12(10-19)7-9-13/h3-9,11H,1-2H3,(H,20,21). The molecule has 0 aliphatic rings. The highest BCUT2D eigenvalue weighted by Crippen LogP contribution is 2.37. The van der Waals surface area contributed by atoms with Crippen LogP contribution in [0.2, 0.25) is 0 Å². The summed E-state index contributed by atoms with van der Waals surface area (Å²) >= 11 is 0. The number of nitriles is 1. The summed E-state index contributed by atoms with van der Waals surface area (Å²) in [7, 11) is 3.24. The van der Waals surface area contributed by atoms with Crippen molar-refractivity contribution in [3.05, 3.63) is 54.2 Å². The van der Waals surface area contributed by atoms with Crippen molar-refractivity contribution in [3.63, 3.8) is 0 Å². The zero-order valence-electron chi connectivity index (χ0n) is 12.8. The molecule has 0 aliphatic carbocycles. The summed E-state index contributed by atoms with van der Waals surface area (Å²) < 4.78 is 10.8. The van der Waals surface area contributed by atoms with E-state index in [1.54, 1.807) is 32.5 Å². The van der Waals surface area contributed by atoms with E-state index in [9.17, 15) is 0 Å². The second-order valence-corrected chi connectivity index (χ2v) is 4.87. The lowest BCUT2D eigenvalue weighted by Crippen LogP contribution is -1.93. The maximum atomic E-state index is 8.87. The summed E-state index contributed by atoms with van der Waals surface area (Å²) in [6.07, 6.45) is 1.74. The summed E-state index contributed by atoms with van der Waals surface area (Å²) in [5.41, 5.74) is 3.15. The topological polar surface area (TPSA) is 70.9 Å². The predicted molar refractivity (Wildman–Crippen MR) is 87.3 cm³/mol. The quantitative estimate of drug-likeness (QED) is 0.799. The van der Waals surface area contributed by atoms with Crippen LogP contribution in [0.5, 0.6) is 11.5 Å². The number of nitrogens with one attached hydrogen (secondary N) is 1. The number of rotatable bonds is 4. The van der Waals surface area contributed by atoms with Crippen molar-refractivity contribution in [2.45, 2.75) is 0 Å². The number of aromatic nitrogens is 2. The molecule has 0 fully saturated rings. The first-order valence-corrected chi connectivity index (χ1v) is 7.03. The third-order valence-electron chi connectivity index (χ3n) is 3.56. The molecule has 3 aromatic rings. The molecule has 0 aliphatic heterocycles. The monoisotopic (exact) mass is 305 g/mol. The molecule has 114 valence electrons. The summed E-state index contributed by atoms with van der Waals surface area (Å²) in [6, 6.07) is 15.0. The number of nitrogens with zero attached hydrogens (tertiary/aromatic N) is 2. The van der Waals surface area contributed by atoms with Gasteiger partial charge >= 0.3 is 0 Å². The Labute approximate surface area is 134 Å². The number of H-pyrrole nitrogens is 1. The van der Waals surface area contributed by atoms with Gasteiger partial charge in [0.25, 0.3) is 0 Å². The van der Waals surface area contributed by atoms with Crippen LogP contribution in [0.4, 0.5) is 0 Å². The van der Waals surface area contributed by atoms with Crippen molar-refractivity contribution < 1.29 is 9.47 Å². The zero-order chi connectivity index (χ0) is 16.2. The van der Waals surface area contributed by atoms with Crippen molar-refractivity contribution in [2.24, 2.45) is 0 Å². The van der Waals surface area contributed by atoms with Crippen LogP contribution >= 0.6 is 0 Å². The predicted octanol–water partition coefficient (Wildman–Crippen LogP) is 3.63. The van der Waals surface area contributed by atoms with Gasteiger partial charge in [-0.2, -0.15) is 5.26 Å². The van der Waals surface area contributed by atoms with E-state index in [1.165, 1.54) is 0 Å². The van der Waals surface area contributed by atoms with Crippen LogP contribution in [-0.4, -0.2) is 24.2 Å². The van der Waals surface area contributed by atoms with E-state index in [2.05, 4.69) is 16.0 Å². The van der Waals surface area contributed by atoms with Crippen LogP contribution in [0.3, 0.4) is 0 Å². The molecule has 0 radical (unpaired) electrons. The second-order valence-electron chi connectivity index (χ2n) is 4.87. The summed E-state index contributed by atoms with van der Waals surface area (Å²) in [5, 5.41) is 8.87. The number of benzene rings is 2. The Morgan fingerprint density at radius 3 is 2.22 bits per heavy atom. The third kappa shape index (κ3) is 2.74. The minimum absolute atomic E-state index is 0.618. The summed E-state index contributed by atoms with van der Waals surface area (Å²) in [4.78, 5) is 7.70. The van der Waals surface area contributed by atoms with Gasteiger partial charge in [0.1, 0.15) is 17.3 Å². The Morgan fingerprint density at radius 2 is 1.65 bits per heavy atom. The van der Waals surface area contributed by atoms with Gasteiger partial charge in [-0.25, -0.2) is 4.98 Å². The Bertz CT molecular complexity index is 838. The van der Waals surface area contributed by atoms with E-state index in [4.69, 9.17) is 14.7 Å². The third-order valence-corrected chi connectivity index (χ3v) is 3.56. The van der Waals surface area contributed by atoms with Crippen molar-refractivity contribution >= 4 is 0 Å². The number of imidazole rings is 1. The molecule has 0 saturated carbocycles. The van der Waals surface area contributed by atoms with Crippen molar-refractivity contribution in [3.8, 4) is 40.2 Å². The highest BCUT2D eigenvalue weighted by Gasteiger charge is 2.15. The SMILES string of the molecule is COc1cccc(OC)c1-c1cnc(-c2ccc(C#N)cc2)[nH]1.